The van der Waals surface area contributed by atoms with Gasteiger partial charge in [0.25, 0.3) is 0 Å². The molecule has 0 aliphatic carbocycles. The number of piperidine rings is 1. The van der Waals surface area contributed by atoms with E-state index in [1.54, 1.807) is 11.3 Å². The van der Waals surface area contributed by atoms with Gasteiger partial charge in [-0.25, -0.2) is 4.98 Å². The van der Waals surface area contributed by atoms with Crippen LogP contribution in [0.3, 0.4) is 0 Å². The molecule has 1 aromatic heterocycles. The fourth-order valence-corrected chi connectivity index (χ4v) is 3.57. The summed E-state index contributed by atoms with van der Waals surface area (Å²) in [5, 5.41) is 3.30. The van der Waals surface area contributed by atoms with Gasteiger partial charge in [-0.05, 0) is 32.2 Å². The van der Waals surface area contributed by atoms with E-state index < -0.39 is 0 Å². The molecular weight excluding hydrogens is 252 g/mol. The molecule has 1 aromatic rings. The molecule has 0 N–H and O–H groups in total. The van der Waals surface area contributed by atoms with Crippen LogP contribution in [0.5, 0.6) is 0 Å². The molecule has 4 heteroatoms. The Morgan fingerprint density at radius 2 is 2.35 bits per heavy atom. The molecule has 2 rings (SSSR count). The lowest BCUT2D eigenvalue weighted by molar-refractivity contribution is 0.131. The molecule has 17 heavy (non-hydrogen) atoms. The third-order valence-corrected chi connectivity index (χ3v) is 4.86. The lowest BCUT2D eigenvalue weighted by Crippen LogP contribution is -2.41. The van der Waals surface area contributed by atoms with Crippen molar-refractivity contribution in [2.75, 3.05) is 13.1 Å². The van der Waals surface area contributed by atoms with Gasteiger partial charge in [0.05, 0.1) is 16.6 Å². The maximum Gasteiger partial charge on any atom is 0.0941 e. The highest BCUT2D eigenvalue weighted by molar-refractivity contribution is 7.09. The van der Waals surface area contributed by atoms with Crippen LogP contribution < -0.4 is 0 Å². The van der Waals surface area contributed by atoms with E-state index in [0.717, 1.165) is 30.6 Å². The van der Waals surface area contributed by atoms with Crippen molar-refractivity contribution < 1.29 is 0 Å². The van der Waals surface area contributed by atoms with Gasteiger partial charge < -0.3 is 4.90 Å². The highest BCUT2D eigenvalue weighted by Crippen LogP contribution is 2.22. The Bertz CT molecular complexity index is 353. The molecule has 0 aromatic carbocycles. The molecule has 1 aliphatic rings. The molecule has 0 amide bonds. The van der Waals surface area contributed by atoms with Crippen LogP contribution in [0.1, 0.15) is 37.4 Å². The highest BCUT2D eigenvalue weighted by Gasteiger charge is 2.22. The van der Waals surface area contributed by atoms with Crippen molar-refractivity contribution in [2.24, 2.45) is 5.92 Å². The zero-order valence-electron chi connectivity index (χ0n) is 10.7. The van der Waals surface area contributed by atoms with Gasteiger partial charge in [0, 0.05) is 24.4 Å². The number of hydrogen-bond acceptors (Lipinski definition) is 3. The summed E-state index contributed by atoms with van der Waals surface area (Å²) >= 11 is 7.50. The van der Waals surface area contributed by atoms with Crippen LogP contribution in [-0.2, 0) is 12.3 Å². The van der Waals surface area contributed by atoms with Crippen LogP contribution in [0.25, 0.3) is 0 Å². The van der Waals surface area contributed by atoms with Crippen molar-refractivity contribution in [1.29, 1.82) is 0 Å². The van der Waals surface area contributed by atoms with Crippen LogP contribution in [0.15, 0.2) is 5.38 Å². The van der Waals surface area contributed by atoms with Gasteiger partial charge in [-0.3, -0.25) is 0 Å². The second kappa shape index (κ2) is 6.17. The summed E-state index contributed by atoms with van der Waals surface area (Å²) in [6.45, 7) is 7.10. The second-order valence-corrected chi connectivity index (χ2v) is 6.34. The summed E-state index contributed by atoms with van der Waals surface area (Å²) in [7, 11) is 0. The predicted molar refractivity (Wildman–Crippen MR) is 74.8 cm³/mol. The van der Waals surface area contributed by atoms with E-state index >= 15 is 0 Å². The molecule has 96 valence electrons. The van der Waals surface area contributed by atoms with Gasteiger partial charge in [-0.15, -0.1) is 22.9 Å². The van der Waals surface area contributed by atoms with Gasteiger partial charge in [0.2, 0.25) is 0 Å². The molecule has 2 nitrogen and oxygen atoms in total. The van der Waals surface area contributed by atoms with E-state index in [4.69, 9.17) is 11.6 Å². The van der Waals surface area contributed by atoms with Crippen molar-refractivity contribution in [3.63, 3.8) is 0 Å². The first kappa shape index (κ1) is 13.3. The minimum absolute atomic E-state index is 0.536. The van der Waals surface area contributed by atoms with Crippen molar-refractivity contribution in [1.82, 2.24) is 9.88 Å². The Morgan fingerprint density at radius 1 is 1.53 bits per heavy atom. The normalized spacial score (nSPS) is 26.3. The second-order valence-electron chi connectivity index (χ2n) is 5.13. The number of hydrogen-bond donors (Lipinski definition) is 0. The molecule has 0 spiro atoms. The third-order valence-electron chi connectivity index (χ3n) is 3.63. The SMILES string of the molecule is CC1CCN(CCc2nc(CCl)cs2)C(C)C1. The molecule has 1 fully saturated rings. The number of halogens is 1. The topological polar surface area (TPSA) is 16.1 Å². The van der Waals surface area contributed by atoms with Crippen molar-refractivity contribution in [3.8, 4) is 0 Å². The first-order valence-electron chi connectivity index (χ1n) is 6.42. The summed E-state index contributed by atoms with van der Waals surface area (Å²) in [5.41, 5.74) is 1.02. The summed E-state index contributed by atoms with van der Waals surface area (Å²) < 4.78 is 0. The largest absolute Gasteiger partial charge is 0.300 e. The lowest BCUT2D eigenvalue weighted by atomic mass is 9.93. The van der Waals surface area contributed by atoms with Gasteiger partial charge in [0.15, 0.2) is 0 Å². The standard InChI is InChI=1S/C13H21ClN2S/c1-10-3-5-16(11(2)7-10)6-4-13-15-12(8-14)9-17-13/h9-11H,3-8H2,1-2H3. The lowest BCUT2D eigenvalue weighted by Gasteiger charge is -2.36. The monoisotopic (exact) mass is 272 g/mol. The van der Waals surface area contributed by atoms with E-state index in [1.165, 1.54) is 24.4 Å². The maximum atomic E-state index is 5.76. The van der Waals surface area contributed by atoms with Crippen LogP contribution in [0, 0.1) is 5.92 Å². The van der Waals surface area contributed by atoms with E-state index in [2.05, 4.69) is 29.1 Å². The minimum atomic E-state index is 0.536. The molecular formula is C13H21ClN2S. The Hall–Kier alpha value is -0.120. The van der Waals surface area contributed by atoms with Crippen molar-refractivity contribution >= 4 is 22.9 Å². The van der Waals surface area contributed by atoms with E-state index in [9.17, 15) is 0 Å². The smallest absolute Gasteiger partial charge is 0.0941 e. The maximum absolute atomic E-state index is 5.76. The van der Waals surface area contributed by atoms with E-state index in [1.807, 2.05) is 0 Å². The quantitative estimate of drug-likeness (QED) is 0.780. The summed E-state index contributed by atoms with van der Waals surface area (Å²) in [6, 6.07) is 0.728. The average molecular weight is 273 g/mol. The molecule has 0 saturated carbocycles. The minimum Gasteiger partial charge on any atom is -0.300 e. The molecule has 2 heterocycles. The van der Waals surface area contributed by atoms with Crippen molar-refractivity contribution in [3.05, 3.63) is 16.1 Å². The predicted octanol–water partition coefficient (Wildman–Crippen LogP) is 3.54. The number of nitrogens with zero attached hydrogens (tertiary/aromatic N) is 2. The summed E-state index contributed by atoms with van der Waals surface area (Å²) in [4.78, 5) is 7.11. The zero-order chi connectivity index (χ0) is 12.3. The number of aromatic nitrogens is 1. The summed E-state index contributed by atoms with van der Waals surface area (Å²) in [5.74, 6) is 1.43. The Balaban J connectivity index is 1.81. The van der Waals surface area contributed by atoms with Gasteiger partial charge >= 0.3 is 0 Å². The first-order valence-corrected chi connectivity index (χ1v) is 7.83. The fourth-order valence-electron chi connectivity index (χ4n) is 2.55. The number of alkyl halides is 1. The molecule has 0 radical (unpaired) electrons. The van der Waals surface area contributed by atoms with Crippen molar-refractivity contribution in [2.45, 2.75) is 45.0 Å². The number of thiazole rings is 1. The Morgan fingerprint density at radius 3 is 3.00 bits per heavy atom. The molecule has 0 bridgehead atoms. The molecule has 2 unspecified atom stereocenters. The highest BCUT2D eigenvalue weighted by atomic mass is 35.5. The number of likely N-dealkylation sites (tertiary alicyclic amines) is 1. The Labute approximate surface area is 113 Å². The molecule has 2 atom stereocenters. The van der Waals surface area contributed by atoms with Crippen LogP contribution in [0.2, 0.25) is 0 Å². The van der Waals surface area contributed by atoms with Crippen LogP contribution in [-0.4, -0.2) is 29.0 Å². The zero-order valence-corrected chi connectivity index (χ0v) is 12.2. The molecule has 1 aliphatic heterocycles. The number of rotatable bonds is 4. The average Bonchev–Trinajstić information content (AvgIpc) is 2.76. The van der Waals surface area contributed by atoms with Crippen LogP contribution >= 0.6 is 22.9 Å². The van der Waals surface area contributed by atoms with Gasteiger partial charge in [-0.2, -0.15) is 0 Å². The van der Waals surface area contributed by atoms with Crippen LogP contribution in [0.4, 0.5) is 0 Å². The van der Waals surface area contributed by atoms with Gasteiger partial charge in [0.1, 0.15) is 0 Å². The third kappa shape index (κ3) is 3.67. The summed E-state index contributed by atoms with van der Waals surface area (Å²) in [6.07, 6.45) is 3.75. The first-order chi connectivity index (χ1) is 8.19. The van der Waals surface area contributed by atoms with Gasteiger partial charge in [-0.1, -0.05) is 6.92 Å². The molecule has 1 saturated heterocycles. The Kier molecular flexibility index (Phi) is 4.83. The van der Waals surface area contributed by atoms with E-state index in [0.29, 0.717) is 5.88 Å². The fraction of sp³-hybridized carbons (Fsp3) is 0.769. The van der Waals surface area contributed by atoms with E-state index in [-0.39, 0.29) is 0 Å².